The van der Waals surface area contributed by atoms with Gasteiger partial charge in [-0.05, 0) is 59.3 Å². The van der Waals surface area contributed by atoms with E-state index in [1.807, 2.05) is 11.8 Å². The minimum Gasteiger partial charge on any atom is -0.381 e. The van der Waals surface area contributed by atoms with Crippen LogP contribution in [0.2, 0.25) is 0 Å². The van der Waals surface area contributed by atoms with Crippen molar-refractivity contribution in [1.29, 1.82) is 0 Å². The van der Waals surface area contributed by atoms with Crippen LogP contribution >= 0.6 is 11.8 Å². The Labute approximate surface area is 130 Å². The van der Waals surface area contributed by atoms with Gasteiger partial charge in [0.15, 0.2) is 0 Å². The van der Waals surface area contributed by atoms with Gasteiger partial charge in [-0.25, -0.2) is 0 Å². The third kappa shape index (κ3) is 6.33. The predicted octanol–water partition coefficient (Wildman–Crippen LogP) is 2.85. The molecule has 1 atom stereocenters. The van der Waals surface area contributed by atoms with Gasteiger partial charge < -0.3 is 15.0 Å². The molecule has 120 valence electrons. The lowest BCUT2D eigenvalue weighted by molar-refractivity contribution is -0.00704. The SMILES string of the molecule is CSCC(C)N(C)CC1(CNC(C)(C)C)CCOCC1. The molecule has 0 saturated carbocycles. The van der Waals surface area contributed by atoms with E-state index in [-0.39, 0.29) is 5.54 Å². The molecule has 0 aromatic heterocycles. The molecule has 1 aliphatic heterocycles. The summed E-state index contributed by atoms with van der Waals surface area (Å²) in [6.07, 6.45) is 4.54. The molecule has 0 radical (unpaired) electrons. The first-order valence-corrected chi connectivity index (χ1v) is 9.19. The molecule has 1 fully saturated rings. The largest absolute Gasteiger partial charge is 0.381 e. The zero-order chi connectivity index (χ0) is 15.2. The lowest BCUT2D eigenvalue weighted by Crippen LogP contribution is -2.52. The van der Waals surface area contributed by atoms with Crippen molar-refractivity contribution in [3.05, 3.63) is 0 Å². The van der Waals surface area contributed by atoms with Gasteiger partial charge in [0.25, 0.3) is 0 Å². The third-order valence-corrected chi connectivity index (χ3v) is 5.11. The van der Waals surface area contributed by atoms with Gasteiger partial charge in [-0.3, -0.25) is 0 Å². The van der Waals surface area contributed by atoms with Gasteiger partial charge in [0.1, 0.15) is 0 Å². The highest BCUT2D eigenvalue weighted by molar-refractivity contribution is 7.98. The van der Waals surface area contributed by atoms with Crippen molar-refractivity contribution in [2.45, 2.75) is 52.1 Å². The molecule has 1 aliphatic rings. The van der Waals surface area contributed by atoms with E-state index in [1.54, 1.807) is 0 Å². The topological polar surface area (TPSA) is 24.5 Å². The predicted molar refractivity (Wildman–Crippen MR) is 90.7 cm³/mol. The van der Waals surface area contributed by atoms with Crippen molar-refractivity contribution in [3.63, 3.8) is 0 Å². The van der Waals surface area contributed by atoms with E-state index < -0.39 is 0 Å². The number of rotatable bonds is 7. The van der Waals surface area contributed by atoms with Crippen LogP contribution in [0.4, 0.5) is 0 Å². The quantitative estimate of drug-likeness (QED) is 0.781. The van der Waals surface area contributed by atoms with Crippen LogP contribution in [0.5, 0.6) is 0 Å². The van der Waals surface area contributed by atoms with E-state index in [0.717, 1.165) is 19.8 Å². The summed E-state index contributed by atoms with van der Waals surface area (Å²) in [5.41, 5.74) is 0.557. The summed E-state index contributed by atoms with van der Waals surface area (Å²) in [4.78, 5) is 2.53. The zero-order valence-corrected chi connectivity index (χ0v) is 15.1. The fourth-order valence-corrected chi connectivity index (χ4v) is 3.44. The summed E-state index contributed by atoms with van der Waals surface area (Å²) in [5.74, 6) is 1.20. The Bertz CT molecular complexity index is 272. The third-order valence-electron chi connectivity index (χ3n) is 4.29. The molecule has 0 amide bonds. The maximum atomic E-state index is 5.60. The van der Waals surface area contributed by atoms with Crippen molar-refractivity contribution in [1.82, 2.24) is 10.2 Å². The molecule has 0 aromatic rings. The van der Waals surface area contributed by atoms with Crippen molar-refractivity contribution in [2.75, 3.05) is 45.4 Å². The summed E-state index contributed by atoms with van der Waals surface area (Å²) in [5, 5.41) is 3.72. The molecule has 1 N–H and O–H groups in total. The maximum absolute atomic E-state index is 5.60. The highest BCUT2D eigenvalue weighted by atomic mass is 32.2. The van der Waals surface area contributed by atoms with E-state index in [1.165, 1.54) is 25.1 Å². The van der Waals surface area contributed by atoms with Gasteiger partial charge in [-0.15, -0.1) is 0 Å². The molecular formula is C16H34N2OS. The summed E-state index contributed by atoms with van der Waals surface area (Å²) in [7, 11) is 2.27. The Morgan fingerprint density at radius 2 is 1.90 bits per heavy atom. The molecule has 1 saturated heterocycles. The highest BCUT2D eigenvalue weighted by Crippen LogP contribution is 2.32. The number of nitrogens with one attached hydrogen (secondary N) is 1. The van der Waals surface area contributed by atoms with Crippen LogP contribution in [0.3, 0.4) is 0 Å². The van der Waals surface area contributed by atoms with Crippen molar-refractivity contribution in [2.24, 2.45) is 5.41 Å². The zero-order valence-electron chi connectivity index (χ0n) is 14.3. The van der Waals surface area contributed by atoms with Crippen LogP contribution in [0, 0.1) is 5.41 Å². The molecule has 0 bridgehead atoms. The molecular weight excluding hydrogens is 268 g/mol. The van der Waals surface area contributed by atoms with Gasteiger partial charge in [-0.1, -0.05) is 0 Å². The standard InChI is InChI=1S/C16H34N2OS/c1-14(11-20-6)18(5)13-16(7-9-19-10-8-16)12-17-15(2,3)4/h14,17H,7-13H2,1-6H3. The Balaban J connectivity index is 2.63. The number of ether oxygens (including phenoxy) is 1. The van der Waals surface area contributed by atoms with Crippen LogP contribution in [0.15, 0.2) is 0 Å². The van der Waals surface area contributed by atoms with Crippen LogP contribution < -0.4 is 5.32 Å². The van der Waals surface area contributed by atoms with Crippen LogP contribution in [0.1, 0.15) is 40.5 Å². The Hall–Kier alpha value is 0.230. The van der Waals surface area contributed by atoms with Gasteiger partial charge >= 0.3 is 0 Å². The van der Waals surface area contributed by atoms with Gasteiger partial charge in [0.05, 0.1) is 0 Å². The van der Waals surface area contributed by atoms with E-state index in [0.29, 0.717) is 11.5 Å². The second kappa shape index (κ2) is 8.02. The summed E-state index contributed by atoms with van der Waals surface area (Å²) in [6, 6.07) is 0.638. The Morgan fingerprint density at radius 1 is 1.30 bits per heavy atom. The molecule has 0 aromatic carbocycles. The molecule has 1 rings (SSSR count). The monoisotopic (exact) mass is 302 g/mol. The number of hydrogen-bond acceptors (Lipinski definition) is 4. The van der Waals surface area contributed by atoms with Gasteiger partial charge in [0.2, 0.25) is 0 Å². The van der Waals surface area contributed by atoms with E-state index >= 15 is 0 Å². The molecule has 1 heterocycles. The Kier molecular flexibility index (Phi) is 7.33. The fourth-order valence-electron chi connectivity index (χ4n) is 2.70. The van der Waals surface area contributed by atoms with Crippen molar-refractivity contribution in [3.8, 4) is 0 Å². The molecule has 3 nitrogen and oxygen atoms in total. The minimum absolute atomic E-state index is 0.189. The Morgan fingerprint density at radius 3 is 2.40 bits per heavy atom. The molecule has 20 heavy (non-hydrogen) atoms. The smallest absolute Gasteiger partial charge is 0.0472 e. The lowest BCUT2D eigenvalue weighted by atomic mass is 9.78. The van der Waals surface area contributed by atoms with Crippen LogP contribution in [-0.4, -0.2) is 61.8 Å². The average Bonchev–Trinajstić information content (AvgIpc) is 2.37. The maximum Gasteiger partial charge on any atom is 0.0472 e. The normalized spacial score (nSPS) is 21.1. The van der Waals surface area contributed by atoms with Crippen LogP contribution in [0.25, 0.3) is 0 Å². The first-order valence-electron chi connectivity index (χ1n) is 7.80. The average molecular weight is 303 g/mol. The molecule has 1 unspecified atom stereocenters. The van der Waals surface area contributed by atoms with Gasteiger partial charge in [-0.2, -0.15) is 11.8 Å². The van der Waals surface area contributed by atoms with Gasteiger partial charge in [0, 0.05) is 43.6 Å². The summed E-state index contributed by atoms with van der Waals surface area (Å²) in [6.45, 7) is 13.2. The van der Waals surface area contributed by atoms with Crippen LogP contribution in [-0.2, 0) is 4.74 Å². The molecule has 0 aliphatic carbocycles. The highest BCUT2D eigenvalue weighted by Gasteiger charge is 2.35. The van der Waals surface area contributed by atoms with E-state index in [9.17, 15) is 0 Å². The minimum atomic E-state index is 0.189. The number of thioether (sulfide) groups is 1. The van der Waals surface area contributed by atoms with Crippen molar-refractivity contribution >= 4 is 11.8 Å². The summed E-state index contributed by atoms with van der Waals surface area (Å²) >= 11 is 1.93. The fraction of sp³-hybridized carbons (Fsp3) is 1.00. The number of nitrogens with zero attached hydrogens (tertiary/aromatic N) is 1. The number of hydrogen-bond donors (Lipinski definition) is 1. The van der Waals surface area contributed by atoms with Crippen molar-refractivity contribution < 1.29 is 4.74 Å². The second-order valence-corrected chi connectivity index (χ2v) is 8.35. The first kappa shape index (κ1) is 18.3. The van der Waals surface area contributed by atoms with E-state index in [2.05, 4.69) is 51.2 Å². The van der Waals surface area contributed by atoms with E-state index in [4.69, 9.17) is 4.74 Å². The molecule has 4 heteroatoms. The second-order valence-electron chi connectivity index (χ2n) is 7.44. The summed E-state index contributed by atoms with van der Waals surface area (Å²) < 4.78 is 5.60. The lowest BCUT2D eigenvalue weighted by Gasteiger charge is -2.43. The molecule has 0 spiro atoms. The first-order chi connectivity index (χ1) is 9.28.